The number of benzene rings is 2. The van der Waals surface area contributed by atoms with Crippen molar-refractivity contribution >= 4 is 29.4 Å². The van der Waals surface area contributed by atoms with E-state index in [4.69, 9.17) is 16.3 Å². The molecule has 0 aromatic heterocycles. The van der Waals surface area contributed by atoms with Crippen LogP contribution in [0.2, 0.25) is 5.02 Å². The van der Waals surface area contributed by atoms with Gasteiger partial charge in [-0.2, -0.15) is 0 Å². The molecule has 1 spiro atoms. The van der Waals surface area contributed by atoms with Gasteiger partial charge in [0.15, 0.2) is 0 Å². The Kier molecular flexibility index (Phi) is 6.18. The molecule has 2 aromatic rings. The molecule has 34 heavy (non-hydrogen) atoms. The van der Waals surface area contributed by atoms with Crippen LogP contribution in [-0.2, 0) is 21.5 Å². The molecule has 2 saturated heterocycles. The topological polar surface area (TPSA) is 82.2 Å². The van der Waals surface area contributed by atoms with Gasteiger partial charge in [-0.25, -0.2) is 4.79 Å². The summed E-state index contributed by atoms with van der Waals surface area (Å²) >= 11 is 6.12. The molecular weight excluding hydrogens is 456 g/mol. The molecule has 0 radical (unpaired) electrons. The number of amides is 4. The molecule has 0 saturated carbocycles. The highest BCUT2D eigenvalue weighted by atomic mass is 35.5. The molecule has 178 valence electrons. The summed E-state index contributed by atoms with van der Waals surface area (Å²) in [6.07, 6.45) is 1.25. The summed E-state index contributed by atoms with van der Waals surface area (Å²) in [5.41, 5.74) is 0.879. The van der Waals surface area contributed by atoms with Crippen molar-refractivity contribution in [1.29, 1.82) is 0 Å². The lowest BCUT2D eigenvalue weighted by Gasteiger charge is -2.35. The fraction of sp³-hybridized carbons (Fsp3) is 0.400. The molecule has 1 aliphatic carbocycles. The molecule has 2 heterocycles. The van der Waals surface area contributed by atoms with Gasteiger partial charge >= 0.3 is 6.03 Å². The number of fused-ring (bicyclic) bond motifs is 2. The predicted molar refractivity (Wildman–Crippen MR) is 127 cm³/mol. The second kappa shape index (κ2) is 9.27. The second-order valence-corrected chi connectivity index (χ2v) is 9.29. The van der Waals surface area contributed by atoms with Crippen molar-refractivity contribution in [2.75, 3.05) is 45.9 Å². The first-order valence-corrected chi connectivity index (χ1v) is 12.0. The number of nitrogens with zero attached hydrogens (tertiary/aromatic N) is 3. The molecule has 8 nitrogen and oxygen atoms in total. The summed E-state index contributed by atoms with van der Waals surface area (Å²) < 4.78 is 5.75. The van der Waals surface area contributed by atoms with Gasteiger partial charge in [-0.15, -0.1) is 0 Å². The number of carbonyl (C=O) groups is 3. The fourth-order valence-corrected chi connectivity index (χ4v) is 5.23. The molecule has 1 unspecified atom stereocenters. The van der Waals surface area contributed by atoms with Crippen molar-refractivity contribution in [2.45, 2.75) is 18.4 Å². The first-order chi connectivity index (χ1) is 16.5. The lowest BCUT2D eigenvalue weighted by molar-refractivity contribution is -0.140. The minimum Gasteiger partial charge on any atom is -0.491 e. The Bertz CT molecular complexity index is 1120. The van der Waals surface area contributed by atoms with Gasteiger partial charge in [-0.1, -0.05) is 48.0 Å². The van der Waals surface area contributed by atoms with Gasteiger partial charge in [0.25, 0.3) is 5.91 Å². The van der Waals surface area contributed by atoms with Crippen LogP contribution in [-0.4, -0.2) is 78.4 Å². The molecule has 9 heteroatoms. The van der Waals surface area contributed by atoms with Crippen LogP contribution >= 0.6 is 11.6 Å². The third-order valence-corrected chi connectivity index (χ3v) is 7.25. The summed E-state index contributed by atoms with van der Waals surface area (Å²) in [4.78, 5) is 43.9. The molecule has 2 fully saturated rings. The van der Waals surface area contributed by atoms with E-state index in [0.717, 1.165) is 29.0 Å². The zero-order valence-corrected chi connectivity index (χ0v) is 19.6. The van der Waals surface area contributed by atoms with Crippen LogP contribution in [0.3, 0.4) is 0 Å². The Balaban J connectivity index is 1.12. The number of hydrogen-bond donors (Lipinski definition) is 1. The van der Waals surface area contributed by atoms with Crippen LogP contribution in [0.5, 0.6) is 5.75 Å². The first-order valence-electron chi connectivity index (χ1n) is 11.6. The quantitative estimate of drug-likeness (QED) is 0.639. The number of halogens is 1. The number of rotatable bonds is 6. The maximum absolute atomic E-state index is 13.3. The average molecular weight is 483 g/mol. The maximum Gasteiger partial charge on any atom is 0.325 e. The van der Waals surface area contributed by atoms with Crippen LogP contribution in [0.15, 0.2) is 48.5 Å². The summed E-state index contributed by atoms with van der Waals surface area (Å²) in [7, 11) is 0. The van der Waals surface area contributed by atoms with Crippen molar-refractivity contribution in [2.24, 2.45) is 0 Å². The maximum atomic E-state index is 13.3. The smallest absolute Gasteiger partial charge is 0.325 e. The molecule has 1 N–H and O–H groups in total. The number of aryl methyl sites for hydroxylation is 1. The summed E-state index contributed by atoms with van der Waals surface area (Å²) in [5, 5.41) is 3.46. The van der Waals surface area contributed by atoms with E-state index < -0.39 is 11.6 Å². The Morgan fingerprint density at radius 3 is 2.56 bits per heavy atom. The van der Waals surface area contributed by atoms with E-state index in [-0.39, 0.29) is 18.4 Å². The summed E-state index contributed by atoms with van der Waals surface area (Å²) in [5.74, 6) is 0.124. The van der Waals surface area contributed by atoms with Crippen LogP contribution < -0.4 is 10.1 Å². The number of para-hydroxylation sites is 1. The van der Waals surface area contributed by atoms with Gasteiger partial charge in [0, 0.05) is 32.7 Å². The Morgan fingerprint density at radius 2 is 1.76 bits per heavy atom. The van der Waals surface area contributed by atoms with Crippen molar-refractivity contribution in [1.82, 2.24) is 20.0 Å². The lowest BCUT2D eigenvalue weighted by Crippen LogP contribution is -2.52. The monoisotopic (exact) mass is 482 g/mol. The molecule has 5 rings (SSSR count). The third-order valence-electron chi connectivity index (χ3n) is 6.94. The zero-order valence-electron chi connectivity index (χ0n) is 18.8. The highest BCUT2D eigenvalue weighted by Gasteiger charge is 2.55. The van der Waals surface area contributed by atoms with Crippen LogP contribution in [0, 0.1) is 0 Å². The third kappa shape index (κ3) is 4.12. The van der Waals surface area contributed by atoms with E-state index in [1.54, 1.807) is 11.0 Å². The lowest BCUT2D eigenvalue weighted by atomic mass is 9.92. The number of imide groups is 1. The Labute approximate surface area is 203 Å². The average Bonchev–Trinajstić information content (AvgIpc) is 3.33. The van der Waals surface area contributed by atoms with Crippen LogP contribution in [0.4, 0.5) is 4.79 Å². The SMILES string of the molecule is O=C(CN1C(=O)NC2(CCc3ccccc32)C1=O)N1CCN(CCOc2ccccc2Cl)CC1. The predicted octanol–water partition coefficient (Wildman–Crippen LogP) is 2.26. The highest BCUT2D eigenvalue weighted by Crippen LogP contribution is 2.41. The first kappa shape index (κ1) is 22.7. The molecule has 0 bridgehead atoms. The fourth-order valence-electron chi connectivity index (χ4n) is 5.04. The minimum atomic E-state index is -1.03. The Hall–Kier alpha value is -3.10. The van der Waals surface area contributed by atoms with Gasteiger partial charge in [-0.05, 0) is 36.1 Å². The summed E-state index contributed by atoms with van der Waals surface area (Å²) in [6.45, 7) is 3.49. The van der Waals surface area contributed by atoms with Crippen molar-refractivity contribution < 1.29 is 19.1 Å². The van der Waals surface area contributed by atoms with E-state index in [1.807, 2.05) is 42.5 Å². The van der Waals surface area contributed by atoms with E-state index >= 15 is 0 Å². The van der Waals surface area contributed by atoms with Gasteiger partial charge < -0.3 is 15.0 Å². The van der Waals surface area contributed by atoms with Gasteiger partial charge in [0.05, 0.1) is 5.02 Å². The number of ether oxygens (including phenoxy) is 1. The standard InChI is InChI=1S/C25H27ClN4O4/c26-20-7-3-4-8-21(20)34-16-15-28-11-13-29(14-12-28)22(31)17-30-23(32)25(27-24(30)33)10-9-18-5-1-2-6-19(18)25/h1-8H,9-17H2,(H,27,33). The normalized spacial score (nSPS) is 22.3. The molecular formula is C25H27ClN4O4. The van der Waals surface area contributed by atoms with Crippen molar-refractivity contribution in [3.8, 4) is 5.75 Å². The van der Waals surface area contributed by atoms with Gasteiger partial charge in [0.1, 0.15) is 24.4 Å². The second-order valence-electron chi connectivity index (χ2n) is 8.89. The van der Waals surface area contributed by atoms with E-state index in [1.165, 1.54) is 0 Å². The van der Waals surface area contributed by atoms with Crippen molar-refractivity contribution in [3.63, 3.8) is 0 Å². The summed E-state index contributed by atoms with van der Waals surface area (Å²) in [6, 6.07) is 14.5. The van der Waals surface area contributed by atoms with Gasteiger partial charge in [-0.3, -0.25) is 19.4 Å². The molecule has 4 amide bonds. The number of carbonyl (C=O) groups excluding carboxylic acids is 3. The number of piperazine rings is 1. The number of urea groups is 1. The van der Waals surface area contributed by atoms with Crippen LogP contribution in [0.1, 0.15) is 17.5 Å². The van der Waals surface area contributed by atoms with E-state index in [2.05, 4.69) is 10.2 Å². The molecule has 2 aromatic carbocycles. The van der Waals surface area contributed by atoms with Crippen LogP contribution in [0.25, 0.3) is 0 Å². The van der Waals surface area contributed by atoms with Crippen molar-refractivity contribution in [3.05, 3.63) is 64.7 Å². The minimum absolute atomic E-state index is 0.209. The largest absolute Gasteiger partial charge is 0.491 e. The zero-order chi connectivity index (χ0) is 23.7. The number of hydrogen-bond acceptors (Lipinski definition) is 5. The Morgan fingerprint density at radius 1 is 1.03 bits per heavy atom. The highest BCUT2D eigenvalue weighted by molar-refractivity contribution is 6.32. The number of nitrogens with one attached hydrogen (secondary N) is 1. The molecule has 3 aliphatic rings. The van der Waals surface area contributed by atoms with Gasteiger partial charge in [0.2, 0.25) is 5.91 Å². The molecule has 2 aliphatic heterocycles. The van der Waals surface area contributed by atoms with E-state index in [0.29, 0.717) is 50.0 Å². The molecule has 1 atom stereocenters. The van der Waals surface area contributed by atoms with E-state index in [9.17, 15) is 14.4 Å².